The molecule has 3 amide bonds. The van der Waals surface area contributed by atoms with E-state index in [9.17, 15) is 23.2 Å². The summed E-state index contributed by atoms with van der Waals surface area (Å²) in [5, 5.41) is 20.5. The van der Waals surface area contributed by atoms with Gasteiger partial charge in [0.25, 0.3) is 5.91 Å². The van der Waals surface area contributed by atoms with Gasteiger partial charge in [0.05, 0.1) is 11.1 Å². The summed E-state index contributed by atoms with van der Waals surface area (Å²) in [6.07, 6.45) is 5.13. The van der Waals surface area contributed by atoms with Gasteiger partial charge in [-0.3, -0.25) is 29.7 Å². The van der Waals surface area contributed by atoms with Gasteiger partial charge in [0.1, 0.15) is 17.7 Å². The highest BCUT2D eigenvalue weighted by Gasteiger charge is 2.28. The molecular formula is C48H55F2N9O4. The minimum Gasteiger partial charge on any atom is -0.381 e. The number of aromatic amines is 1. The van der Waals surface area contributed by atoms with Crippen molar-refractivity contribution in [1.29, 1.82) is 0 Å². The number of nitrogens with one attached hydrogen (secondary N) is 5. The Morgan fingerprint density at radius 1 is 0.762 bits per heavy atom. The molecule has 5 N–H and O–H groups in total. The molecule has 1 aromatic heterocycles. The summed E-state index contributed by atoms with van der Waals surface area (Å²) >= 11 is 0. The lowest BCUT2D eigenvalue weighted by Gasteiger charge is -2.38. The molecule has 15 heteroatoms. The maximum atomic E-state index is 14.0. The molecule has 0 radical (unpaired) electrons. The van der Waals surface area contributed by atoms with Crippen LogP contribution in [0.3, 0.4) is 0 Å². The second-order valence-electron chi connectivity index (χ2n) is 17.3. The first-order valence-corrected chi connectivity index (χ1v) is 22.3. The average molecular weight is 860 g/mol. The van der Waals surface area contributed by atoms with E-state index in [4.69, 9.17) is 4.74 Å². The zero-order valence-electron chi connectivity index (χ0n) is 35.4. The number of hydrogen-bond acceptors (Lipinski definition) is 10. The molecule has 4 fully saturated rings. The molecule has 5 heterocycles. The number of fused-ring (bicyclic) bond motifs is 1. The summed E-state index contributed by atoms with van der Waals surface area (Å²) in [6.45, 7) is 9.26. The first-order chi connectivity index (χ1) is 30.7. The first kappa shape index (κ1) is 42.4. The van der Waals surface area contributed by atoms with Crippen LogP contribution in [0.15, 0.2) is 78.9 Å². The Labute approximate surface area is 365 Å². The topological polar surface area (TPSA) is 147 Å². The van der Waals surface area contributed by atoms with Gasteiger partial charge < -0.3 is 30.5 Å². The van der Waals surface area contributed by atoms with Crippen LogP contribution in [0, 0.1) is 11.6 Å². The maximum absolute atomic E-state index is 14.0. The van der Waals surface area contributed by atoms with E-state index in [1.54, 1.807) is 0 Å². The SMILES string of the molecule is O=C1CCC(Nc2ccc(C3CCN(CCN4CCN(c5ccc(C(=O)Nc6n[nH]c7ccc(Cc8cc(F)cc(F)c8)cc67)c(NC6CCOCC6)c5)CC4)CC3)cc2)C(=O)N1. The van der Waals surface area contributed by atoms with Crippen LogP contribution in [-0.2, 0) is 20.7 Å². The molecule has 0 spiro atoms. The van der Waals surface area contributed by atoms with E-state index in [1.165, 1.54) is 17.7 Å². The van der Waals surface area contributed by atoms with Crippen LogP contribution in [-0.4, -0.2) is 115 Å². The number of imide groups is 1. The van der Waals surface area contributed by atoms with Gasteiger partial charge in [0.15, 0.2) is 5.82 Å². The Bertz CT molecular complexity index is 2400. The van der Waals surface area contributed by atoms with Crippen molar-refractivity contribution >= 4 is 51.5 Å². The number of amides is 3. The number of halogens is 2. The third-order valence-corrected chi connectivity index (χ3v) is 13.0. The Morgan fingerprint density at radius 2 is 1.49 bits per heavy atom. The molecule has 13 nitrogen and oxygen atoms in total. The predicted molar refractivity (Wildman–Crippen MR) is 240 cm³/mol. The van der Waals surface area contributed by atoms with E-state index >= 15 is 0 Å². The highest BCUT2D eigenvalue weighted by Crippen LogP contribution is 2.31. The largest absolute Gasteiger partial charge is 0.381 e. The highest BCUT2D eigenvalue weighted by molar-refractivity contribution is 6.11. The zero-order chi connectivity index (χ0) is 43.3. The van der Waals surface area contributed by atoms with Crippen LogP contribution in [0.5, 0.6) is 0 Å². The molecule has 4 aliphatic rings. The molecule has 63 heavy (non-hydrogen) atoms. The number of carbonyl (C=O) groups is 3. The van der Waals surface area contributed by atoms with E-state index in [1.807, 2.05) is 42.5 Å². The van der Waals surface area contributed by atoms with E-state index < -0.39 is 11.6 Å². The number of hydrogen-bond donors (Lipinski definition) is 5. The minimum absolute atomic E-state index is 0.179. The van der Waals surface area contributed by atoms with Crippen molar-refractivity contribution in [2.45, 2.75) is 62.9 Å². The summed E-state index contributed by atoms with van der Waals surface area (Å²) in [7, 11) is 0. The third-order valence-electron chi connectivity index (χ3n) is 13.0. The number of anilines is 4. The van der Waals surface area contributed by atoms with Crippen molar-refractivity contribution in [1.82, 2.24) is 25.3 Å². The Kier molecular flexibility index (Phi) is 12.9. The lowest BCUT2D eigenvalue weighted by atomic mass is 9.89. The van der Waals surface area contributed by atoms with Gasteiger partial charge in [-0.1, -0.05) is 18.2 Å². The molecule has 4 aromatic carbocycles. The van der Waals surface area contributed by atoms with Crippen LogP contribution in [0.25, 0.3) is 10.9 Å². The number of nitrogens with zero attached hydrogens (tertiary/aromatic N) is 4. The summed E-state index contributed by atoms with van der Waals surface area (Å²) in [5.74, 6) is -1.08. The van der Waals surface area contributed by atoms with E-state index in [2.05, 4.69) is 64.4 Å². The van der Waals surface area contributed by atoms with Gasteiger partial charge in [-0.05, 0) is 129 Å². The number of piperidine rings is 2. The highest BCUT2D eigenvalue weighted by atomic mass is 19.1. The zero-order valence-corrected chi connectivity index (χ0v) is 35.4. The van der Waals surface area contributed by atoms with Crippen molar-refractivity contribution in [3.8, 4) is 0 Å². The van der Waals surface area contributed by atoms with Crippen molar-refractivity contribution in [2.75, 3.05) is 86.4 Å². The number of rotatable bonds is 13. The Balaban J connectivity index is 0.779. The number of ether oxygens (including phenoxy) is 1. The van der Waals surface area contributed by atoms with Gasteiger partial charge in [0, 0.05) is 93.5 Å². The molecule has 0 bridgehead atoms. The quantitative estimate of drug-likeness (QED) is 0.0833. The summed E-state index contributed by atoms with van der Waals surface area (Å²) in [5.41, 5.74) is 6.69. The number of H-pyrrole nitrogens is 1. The second-order valence-corrected chi connectivity index (χ2v) is 17.3. The predicted octanol–water partition coefficient (Wildman–Crippen LogP) is 6.49. The number of carbonyl (C=O) groups excluding carboxylic acids is 3. The molecule has 0 aliphatic carbocycles. The van der Waals surface area contributed by atoms with Crippen LogP contribution >= 0.6 is 0 Å². The molecule has 0 saturated carbocycles. The normalized spacial score (nSPS) is 19.6. The molecule has 4 aliphatic heterocycles. The lowest BCUT2D eigenvalue weighted by Crippen LogP contribution is -2.49. The summed E-state index contributed by atoms with van der Waals surface area (Å²) in [6, 6.07) is 23.4. The summed E-state index contributed by atoms with van der Waals surface area (Å²) < 4.78 is 33.4. The Hall–Kier alpha value is -5.90. The van der Waals surface area contributed by atoms with Crippen LogP contribution in [0.4, 0.5) is 31.7 Å². The summed E-state index contributed by atoms with van der Waals surface area (Å²) in [4.78, 5) is 45.2. The van der Waals surface area contributed by atoms with E-state index in [0.717, 1.165) is 112 Å². The lowest BCUT2D eigenvalue weighted by molar-refractivity contribution is -0.133. The fourth-order valence-corrected chi connectivity index (χ4v) is 9.38. The molecule has 1 unspecified atom stereocenters. The van der Waals surface area contributed by atoms with Crippen molar-refractivity contribution < 1.29 is 27.9 Å². The number of aromatic nitrogens is 2. The van der Waals surface area contributed by atoms with Crippen molar-refractivity contribution in [2.24, 2.45) is 0 Å². The molecule has 1 atom stereocenters. The van der Waals surface area contributed by atoms with Gasteiger partial charge >= 0.3 is 0 Å². The molecule has 5 aromatic rings. The molecule has 9 rings (SSSR count). The van der Waals surface area contributed by atoms with Gasteiger partial charge in [-0.2, -0.15) is 5.10 Å². The van der Waals surface area contributed by atoms with Crippen LogP contribution in [0.2, 0.25) is 0 Å². The van der Waals surface area contributed by atoms with E-state index in [-0.39, 0.29) is 29.8 Å². The van der Waals surface area contributed by atoms with E-state index in [0.29, 0.717) is 60.7 Å². The van der Waals surface area contributed by atoms with Crippen LogP contribution < -0.4 is 26.2 Å². The third kappa shape index (κ3) is 10.5. The van der Waals surface area contributed by atoms with Gasteiger partial charge in [-0.25, -0.2) is 8.78 Å². The van der Waals surface area contributed by atoms with Gasteiger partial charge in [-0.15, -0.1) is 0 Å². The fourth-order valence-electron chi connectivity index (χ4n) is 9.38. The number of piperazine rings is 1. The monoisotopic (exact) mass is 859 g/mol. The molecular weight excluding hydrogens is 805 g/mol. The first-order valence-electron chi connectivity index (χ1n) is 22.3. The minimum atomic E-state index is -0.620. The Morgan fingerprint density at radius 3 is 2.22 bits per heavy atom. The number of benzene rings is 4. The maximum Gasteiger partial charge on any atom is 0.258 e. The van der Waals surface area contributed by atoms with Crippen LogP contribution in [0.1, 0.15) is 71.5 Å². The molecule has 4 saturated heterocycles. The standard InChI is InChI=1S/C48H55F2N9O4/c49-35-26-32(27-36(50)29-35)25-31-1-8-42-41(28-31)46(56-55-42)54-47(61)40-7-6-39(30-44(40)52-38-13-23-63-24-14-38)59-21-19-58(20-22-59)18-17-57-15-11-34(12-16-57)33-2-4-37(5-3-33)51-43-9-10-45(60)53-48(43)62/h1-8,26-30,34,38,43,51-52H,9-25H2,(H,53,60,62)(H2,54,55,56,61). The van der Waals surface area contributed by atoms with Crippen molar-refractivity contribution in [3.05, 3.63) is 113 Å². The van der Waals surface area contributed by atoms with Gasteiger partial charge in [0.2, 0.25) is 11.8 Å². The van der Waals surface area contributed by atoms with Crippen molar-refractivity contribution in [3.63, 3.8) is 0 Å². The fraction of sp³-hybridized carbons (Fsp3) is 0.417. The smallest absolute Gasteiger partial charge is 0.258 e. The molecule has 330 valence electrons. The average Bonchev–Trinajstić information content (AvgIpc) is 3.68. The number of likely N-dealkylation sites (tertiary alicyclic amines) is 1. The second kappa shape index (κ2) is 19.2.